The Labute approximate surface area is 200 Å². The van der Waals surface area contributed by atoms with Gasteiger partial charge in [0.1, 0.15) is 17.8 Å². The van der Waals surface area contributed by atoms with Gasteiger partial charge in [0.25, 0.3) is 5.91 Å². The number of methoxy groups -OCH3 is 2. The molecular formula is C23H22ClN7O3. The van der Waals surface area contributed by atoms with Crippen LogP contribution in [0.15, 0.2) is 48.8 Å². The van der Waals surface area contributed by atoms with E-state index in [9.17, 15) is 4.79 Å². The van der Waals surface area contributed by atoms with E-state index >= 15 is 0 Å². The topological polar surface area (TPSA) is 98.5 Å². The Morgan fingerprint density at radius 2 is 1.74 bits per heavy atom. The van der Waals surface area contributed by atoms with Crippen molar-refractivity contribution in [2.75, 3.05) is 45.3 Å². The molecule has 0 N–H and O–H groups in total. The van der Waals surface area contributed by atoms with E-state index in [1.165, 1.54) is 13.4 Å². The highest BCUT2D eigenvalue weighted by atomic mass is 35.5. The first kappa shape index (κ1) is 21.9. The highest BCUT2D eigenvalue weighted by Gasteiger charge is 2.27. The predicted octanol–water partition coefficient (Wildman–Crippen LogP) is 2.84. The number of fused-ring (bicyclic) bond motifs is 1. The second-order valence-electron chi connectivity index (χ2n) is 7.69. The molecule has 0 atom stereocenters. The van der Waals surface area contributed by atoms with Crippen molar-refractivity contribution >= 4 is 34.5 Å². The molecule has 2 aromatic heterocycles. The third kappa shape index (κ3) is 3.96. The standard InChI is InChI=1S/C23H22ClN7O3/c1-33-17-6-4-16(5-7-17)31-22-20(27-28-31)21(25-14-26-22)29-9-11-30(12-10-29)23(32)18-13-15(24)3-8-19(18)34-2/h3-8,13-14H,9-12H2,1-2H3. The highest BCUT2D eigenvalue weighted by Crippen LogP contribution is 2.27. The van der Waals surface area contributed by atoms with E-state index in [-0.39, 0.29) is 5.91 Å². The first-order chi connectivity index (χ1) is 16.6. The maximum Gasteiger partial charge on any atom is 0.257 e. The smallest absolute Gasteiger partial charge is 0.257 e. The van der Waals surface area contributed by atoms with Gasteiger partial charge in [-0.25, -0.2) is 9.97 Å². The van der Waals surface area contributed by atoms with Gasteiger partial charge in [0.05, 0.1) is 25.5 Å². The monoisotopic (exact) mass is 479 g/mol. The van der Waals surface area contributed by atoms with Gasteiger partial charge in [-0.3, -0.25) is 4.79 Å². The van der Waals surface area contributed by atoms with Crippen LogP contribution in [-0.2, 0) is 0 Å². The summed E-state index contributed by atoms with van der Waals surface area (Å²) in [4.78, 5) is 25.9. The largest absolute Gasteiger partial charge is 0.497 e. The lowest BCUT2D eigenvalue weighted by atomic mass is 10.1. The van der Waals surface area contributed by atoms with Crippen LogP contribution in [-0.4, -0.2) is 76.2 Å². The summed E-state index contributed by atoms with van der Waals surface area (Å²) in [6.07, 6.45) is 1.51. The molecule has 0 bridgehead atoms. The van der Waals surface area contributed by atoms with Gasteiger partial charge in [0.15, 0.2) is 17.0 Å². The Bertz CT molecular complexity index is 1330. The molecule has 4 aromatic rings. The molecule has 0 aliphatic carbocycles. The third-order valence-electron chi connectivity index (χ3n) is 5.79. The summed E-state index contributed by atoms with van der Waals surface area (Å²) in [5, 5.41) is 9.13. The molecule has 11 heteroatoms. The minimum Gasteiger partial charge on any atom is -0.497 e. The van der Waals surface area contributed by atoms with E-state index in [1.54, 1.807) is 34.9 Å². The van der Waals surface area contributed by atoms with Crippen molar-refractivity contribution in [3.8, 4) is 17.2 Å². The maximum absolute atomic E-state index is 13.1. The summed E-state index contributed by atoms with van der Waals surface area (Å²) >= 11 is 6.11. The number of benzene rings is 2. The molecule has 3 heterocycles. The highest BCUT2D eigenvalue weighted by molar-refractivity contribution is 6.31. The number of carbonyl (C=O) groups is 1. The van der Waals surface area contributed by atoms with Crippen LogP contribution in [0.3, 0.4) is 0 Å². The number of piperazine rings is 1. The molecule has 1 amide bonds. The fourth-order valence-corrected chi connectivity index (χ4v) is 4.18. The van der Waals surface area contributed by atoms with E-state index < -0.39 is 0 Å². The molecule has 1 aliphatic heterocycles. The summed E-state index contributed by atoms with van der Waals surface area (Å²) in [5.74, 6) is 1.84. The Balaban J connectivity index is 1.36. The van der Waals surface area contributed by atoms with Gasteiger partial charge < -0.3 is 19.3 Å². The van der Waals surface area contributed by atoms with E-state index in [4.69, 9.17) is 21.1 Å². The summed E-state index contributed by atoms with van der Waals surface area (Å²) in [6.45, 7) is 2.23. The molecule has 0 unspecified atom stereocenters. The predicted molar refractivity (Wildman–Crippen MR) is 127 cm³/mol. The zero-order valence-corrected chi connectivity index (χ0v) is 19.4. The SMILES string of the molecule is COc1ccc(-n2nnc3c(N4CCN(C(=O)c5cc(Cl)ccc5OC)CC4)ncnc32)cc1. The van der Waals surface area contributed by atoms with Gasteiger partial charge in [0, 0.05) is 31.2 Å². The fourth-order valence-electron chi connectivity index (χ4n) is 4.00. The van der Waals surface area contributed by atoms with Crippen LogP contribution in [0.25, 0.3) is 16.9 Å². The van der Waals surface area contributed by atoms with Crippen molar-refractivity contribution < 1.29 is 14.3 Å². The van der Waals surface area contributed by atoms with Crippen LogP contribution in [0.2, 0.25) is 5.02 Å². The molecule has 1 fully saturated rings. The van der Waals surface area contributed by atoms with Crippen LogP contribution < -0.4 is 14.4 Å². The molecule has 2 aromatic carbocycles. The minimum absolute atomic E-state index is 0.114. The summed E-state index contributed by atoms with van der Waals surface area (Å²) in [6, 6.07) is 12.5. The van der Waals surface area contributed by atoms with Crippen LogP contribution in [0.1, 0.15) is 10.4 Å². The number of anilines is 1. The number of halogens is 1. The average molecular weight is 480 g/mol. The molecule has 0 spiro atoms. The first-order valence-corrected chi connectivity index (χ1v) is 11.1. The van der Waals surface area contributed by atoms with Crippen LogP contribution in [0.4, 0.5) is 5.82 Å². The van der Waals surface area contributed by atoms with Crippen molar-refractivity contribution in [1.82, 2.24) is 29.9 Å². The Morgan fingerprint density at radius 1 is 0.971 bits per heavy atom. The van der Waals surface area contributed by atoms with Gasteiger partial charge in [0.2, 0.25) is 0 Å². The lowest BCUT2D eigenvalue weighted by Gasteiger charge is -2.35. The Kier molecular flexibility index (Phi) is 5.89. The van der Waals surface area contributed by atoms with E-state index in [2.05, 4.69) is 25.2 Å². The molecule has 174 valence electrons. The van der Waals surface area contributed by atoms with E-state index in [1.807, 2.05) is 24.3 Å². The minimum atomic E-state index is -0.114. The zero-order chi connectivity index (χ0) is 23.7. The van der Waals surface area contributed by atoms with Crippen molar-refractivity contribution in [3.05, 3.63) is 59.4 Å². The lowest BCUT2D eigenvalue weighted by Crippen LogP contribution is -2.49. The van der Waals surface area contributed by atoms with Crippen molar-refractivity contribution in [3.63, 3.8) is 0 Å². The van der Waals surface area contributed by atoms with Crippen molar-refractivity contribution in [2.45, 2.75) is 0 Å². The maximum atomic E-state index is 13.1. The van der Waals surface area contributed by atoms with Gasteiger partial charge in [-0.1, -0.05) is 16.8 Å². The van der Waals surface area contributed by atoms with Gasteiger partial charge in [-0.2, -0.15) is 4.68 Å². The van der Waals surface area contributed by atoms with Gasteiger partial charge in [-0.05, 0) is 42.5 Å². The Hall–Kier alpha value is -3.92. The van der Waals surface area contributed by atoms with E-state index in [0.717, 1.165) is 11.4 Å². The normalized spacial score (nSPS) is 13.9. The Morgan fingerprint density at radius 3 is 2.44 bits per heavy atom. The number of rotatable bonds is 5. The van der Waals surface area contributed by atoms with E-state index in [0.29, 0.717) is 59.5 Å². The van der Waals surface area contributed by atoms with Crippen molar-refractivity contribution in [1.29, 1.82) is 0 Å². The average Bonchev–Trinajstić information content (AvgIpc) is 3.33. The number of hydrogen-bond acceptors (Lipinski definition) is 8. The molecular weight excluding hydrogens is 458 g/mol. The molecule has 1 aliphatic rings. The number of ether oxygens (including phenoxy) is 2. The molecule has 0 radical (unpaired) electrons. The second kappa shape index (κ2) is 9.14. The molecule has 5 rings (SSSR count). The van der Waals surface area contributed by atoms with Crippen LogP contribution in [0.5, 0.6) is 11.5 Å². The van der Waals surface area contributed by atoms with Crippen molar-refractivity contribution in [2.24, 2.45) is 0 Å². The quantitative estimate of drug-likeness (QED) is 0.431. The summed E-state index contributed by atoms with van der Waals surface area (Å²) in [7, 11) is 3.16. The van der Waals surface area contributed by atoms with Gasteiger partial charge >= 0.3 is 0 Å². The molecule has 0 saturated carbocycles. The molecule has 1 saturated heterocycles. The summed E-state index contributed by atoms with van der Waals surface area (Å²) < 4.78 is 12.2. The number of nitrogens with zero attached hydrogens (tertiary/aromatic N) is 7. The first-order valence-electron chi connectivity index (χ1n) is 10.7. The van der Waals surface area contributed by atoms with Crippen LogP contribution in [0, 0.1) is 0 Å². The third-order valence-corrected chi connectivity index (χ3v) is 6.03. The number of carbonyl (C=O) groups excluding carboxylic acids is 1. The number of amides is 1. The number of aromatic nitrogens is 5. The fraction of sp³-hybridized carbons (Fsp3) is 0.261. The molecule has 10 nitrogen and oxygen atoms in total. The lowest BCUT2D eigenvalue weighted by molar-refractivity contribution is 0.0743. The molecule has 34 heavy (non-hydrogen) atoms. The second-order valence-corrected chi connectivity index (χ2v) is 8.13. The number of hydrogen-bond donors (Lipinski definition) is 0. The zero-order valence-electron chi connectivity index (χ0n) is 18.7. The summed E-state index contributed by atoms with van der Waals surface area (Å²) in [5.41, 5.74) is 2.49. The van der Waals surface area contributed by atoms with Gasteiger partial charge in [-0.15, -0.1) is 5.10 Å². The van der Waals surface area contributed by atoms with Crippen LogP contribution >= 0.6 is 11.6 Å².